The van der Waals surface area contributed by atoms with Crippen LogP contribution in [0, 0.1) is 0 Å². The van der Waals surface area contributed by atoms with Crippen molar-refractivity contribution in [3.63, 3.8) is 0 Å². The monoisotopic (exact) mass is 262 g/mol. The number of carboxylic acid groups (broad SMARTS) is 1. The minimum Gasteiger partial charge on any atom is -0.465 e. The molecule has 1 aromatic rings. The fourth-order valence-corrected chi connectivity index (χ4v) is 2.30. The molecule has 1 atom stereocenters. The second-order valence-corrected chi connectivity index (χ2v) is 4.44. The van der Waals surface area contributed by atoms with E-state index in [4.69, 9.17) is 10.8 Å². The van der Waals surface area contributed by atoms with Crippen LogP contribution in [0.25, 0.3) is 0 Å². The maximum Gasteiger partial charge on any atom is 0.408 e. The number of carbonyl (C=O) groups is 3. The van der Waals surface area contributed by atoms with E-state index in [9.17, 15) is 14.4 Å². The molecule has 2 amide bonds. The minimum atomic E-state index is -1.14. The van der Waals surface area contributed by atoms with Crippen molar-refractivity contribution in [3.8, 4) is 0 Å². The average Bonchev–Trinajstić information content (AvgIpc) is 2.75. The number of benzene rings is 1. The van der Waals surface area contributed by atoms with Crippen LogP contribution in [-0.4, -0.2) is 27.8 Å². The van der Waals surface area contributed by atoms with Gasteiger partial charge in [-0.1, -0.05) is 24.3 Å². The van der Waals surface area contributed by atoms with Gasteiger partial charge in [0.05, 0.1) is 6.54 Å². The number of fused-ring (bicyclic) bond motifs is 1. The van der Waals surface area contributed by atoms with E-state index in [1.807, 2.05) is 0 Å². The predicted octanol–water partition coefficient (Wildman–Crippen LogP) is 1.06. The molecule has 2 rings (SSSR count). The molecule has 0 spiro atoms. The zero-order chi connectivity index (χ0) is 14.0. The van der Waals surface area contributed by atoms with Crippen molar-refractivity contribution in [3.05, 3.63) is 35.4 Å². The van der Waals surface area contributed by atoms with Crippen molar-refractivity contribution in [2.24, 2.45) is 5.73 Å². The second-order valence-electron chi connectivity index (χ2n) is 4.44. The third-order valence-electron chi connectivity index (χ3n) is 3.17. The van der Waals surface area contributed by atoms with E-state index in [2.05, 4.69) is 0 Å². The molecule has 6 heteroatoms. The Morgan fingerprint density at radius 3 is 2.58 bits per heavy atom. The van der Waals surface area contributed by atoms with Crippen molar-refractivity contribution in [2.75, 3.05) is 0 Å². The highest BCUT2D eigenvalue weighted by molar-refractivity contribution is 5.92. The number of hydrogen-bond acceptors (Lipinski definition) is 3. The molecule has 0 aliphatic carbocycles. The summed E-state index contributed by atoms with van der Waals surface area (Å²) < 4.78 is 0. The molecule has 100 valence electrons. The third-order valence-corrected chi connectivity index (χ3v) is 3.17. The quantitative estimate of drug-likeness (QED) is 0.847. The van der Waals surface area contributed by atoms with Gasteiger partial charge in [0.25, 0.3) is 0 Å². The molecule has 1 aromatic carbocycles. The molecular weight excluding hydrogens is 248 g/mol. The molecular formula is C13H14N2O4. The maximum absolute atomic E-state index is 12.1. The first-order valence-corrected chi connectivity index (χ1v) is 5.89. The van der Waals surface area contributed by atoms with E-state index < -0.39 is 18.0 Å². The van der Waals surface area contributed by atoms with E-state index >= 15 is 0 Å². The lowest BCUT2D eigenvalue weighted by molar-refractivity contribution is -0.126. The first-order chi connectivity index (χ1) is 9.00. The topological polar surface area (TPSA) is 101 Å². The van der Waals surface area contributed by atoms with E-state index in [0.717, 1.165) is 10.5 Å². The number of carbonyl (C=O) groups excluding carboxylic acids is 2. The number of rotatable bonds is 4. The molecule has 19 heavy (non-hydrogen) atoms. The Morgan fingerprint density at radius 2 is 1.95 bits per heavy atom. The summed E-state index contributed by atoms with van der Waals surface area (Å²) in [4.78, 5) is 35.1. The number of Topliss-reactive ketones (excluding diaryl/α,β-unsaturated/α-hetero) is 1. The molecule has 1 heterocycles. The summed E-state index contributed by atoms with van der Waals surface area (Å²) >= 11 is 0. The predicted molar refractivity (Wildman–Crippen MR) is 66.2 cm³/mol. The summed E-state index contributed by atoms with van der Waals surface area (Å²) in [5.41, 5.74) is 6.52. The lowest BCUT2D eigenvalue weighted by Crippen LogP contribution is -2.33. The standard InChI is InChI=1S/C13H14N2O4/c14-11(17)6-5-10(16)12-9-4-2-1-3-8(9)7-15(12)13(18)19/h1-4,12H,5-7H2,(H2,14,17)(H,18,19). The molecule has 0 saturated heterocycles. The first-order valence-electron chi connectivity index (χ1n) is 5.89. The van der Waals surface area contributed by atoms with Crippen LogP contribution in [0.3, 0.4) is 0 Å². The highest BCUT2D eigenvalue weighted by atomic mass is 16.4. The Kier molecular flexibility index (Phi) is 3.50. The Morgan fingerprint density at radius 1 is 1.26 bits per heavy atom. The smallest absolute Gasteiger partial charge is 0.408 e. The Bertz CT molecular complexity index is 541. The van der Waals surface area contributed by atoms with Crippen molar-refractivity contribution < 1.29 is 19.5 Å². The van der Waals surface area contributed by atoms with Gasteiger partial charge in [0, 0.05) is 12.8 Å². The first kappa shape index (κ1) is 13.1. The van der Waals surface area contributed by atoms with Gasteiger partial charge in [-0.15, -0.1) is 0 Å². The number of nitrogens with two attached hydrogens (primary N) is 1. The fourth-order valence-electron chi connectivity index (χ4n) is 2.30. The van der Waals surface area contributed by atoms with Crippen LogP contribution in [0.4, 0.5) is 4.79 Å². The van der Waals surface area contributed by atoms with Crippen molar-refractivity contribution in [1.82, 2.24) is 4.90 Å². The summed E-state index contributed by atoms with van der Waals surface area (Å²) in [5, 5.41) is 9.16. The summed E-state index contributed by atoms with van der Waals surface area (Å²) in [6, 6.07) is 6.28. The van der Waals surface area contributed by atoms with Crippen LogP contribution in [0.15, 0.2) is 24.3 Å². The van der Waals surface area contributed by atoms with Gasteiger partial charge < -0.3 is 10.8 Å². The van der Waals surface area contributed by atoms with E-state index in [0.29, 0.717) is 5.56 Å². The largest absolute Gasteiger partial charge is 0.465 e. The second kappa shape index (κ2) is 5.09. The molecule has 0 fully saturated rings. The molecule has 3 N–H and O–H groups in total. The molecule has 1 aliphatic heterocycles. The van der Waals surface area contributed by atoms with Crippen LogP contribution in [-0.2, 0) is 16.1 Å². The number of hydrogen-bond donors (Lipinski definition) is 2. The summed E-state index contributed by atoms with van der Waals surface area (Å²) in [6.07, 6.45) is -1.25. The number of primary amides is 1. The van der Waals surface area contributed by atoms with E-state index in [1.165, 1.54) is 0 Å². The lowest BCUT2D eigenvalue weighted by atomic mass is 9.99. The highest BCUT2D eigenvalue weighted by Crippen LogP contribution is 2.35. The van der Waals surface area contributed by atoms with Gasteiger partial charge in [-0.05, 0) is 11.1 Å². The fraction of sp³-hybridized carbons (Fsp3) is 0.308. The van der Waals surface area contributed by atoms with Crippen molar-refractivity contribution in [2.45, 2.75) is 25.4 Å². The SMILES string of the molecule is NC(=O)CCC(=O)C1c2ccccc2CN1C(=O)O. The van der Waals surface area contributed by atoms with Gasteiger partial charge in [-0.3, -0.25) is 14.5 Å². The van der Waals surface area contributed by atoms with Crippen LogP contribution in [0.2, 0.25) is 0 Å². The van der Waals surface area contributed by atoms with Gasteiger partial charge in [-0.2, -0.15) is 0 Å². The molecule has 0 aromatic heterocycles. The van der Waals surface area contributed by atoms with Gasteiger partial charge in [-0.25, -0.2) is 4.79 Å². The summed E-state index contributed by atoms with van der Waals surface area (Å²) in [5.74, 6) is -0.868. The van der Waals surface area contributed by atoms with Crippen LogP contribution in [0.5, 0.6) is 0 Å². The van der Waals surface area contributed by atoms with E-state index in [-0.39, 0.29) is 25.2 Å². The van der Waals surface area contributed by atoms with Gasteiger partial charge >= 0.3 is 6.09 Å². The molecule has 0 radical (unpaired) electrons. The lowest BCUT2D eigenvalue weighted by Gasteiger charge is -2.20. The van der Waals surface area contributed by atoms with E-state index in [1.54, 1.807) is 24.3 Å². The van der Waals surface area contributed by atoms with Crippen LogP contribution in [0.1, 0.15) is 30.0 Å². The number of ketones is 1. The normalized spacial score (nSPS) is 17.1. The van der Waals surface area contributed by atoms with Gasteiger partial charge in [0.1, 0.15) is 6.04 Å². The van der Waals surface area contributed by atoms with Crippen LogP contribution >= 0.6 is 0 Å². The minimum absolute atomic E-state index is 0.0435. The molecule has 1 unspecified atom stereocenters. The Hall–Kier alpha value is -2.37. The summed E-state index contributed by atoms with van der Waals surface area (Å²) in [6.45, 7) is 0.193. The number of nitrogens with zero attached hydrogens (tertiary/aromatic N) is 1. The van der Waals surface area contributed by atoms with Crippen molar-refractivity contribution >= 4 is 17.8 Å². The zero-order valence-electron chi connectivity index (χ0n) is 10.2. The van der Waals surface area contributed by atoms with Crippen molar-refractivity contribution in [1.29, 1.82) is 0 Å². The number of amides is 2. The van der Waals surface area contributed by atoms with Crippen LogP contribution < -0.4 is 5.73 Å². The molecule has 1 aliphatic rings. The molecule has 0 bridgehead atoms. The Balaban J connectivity index is 2.26. The Labute approximate surface area is 109 Å². The maximum atomic E-state index is 12.1. The third kappa shape index (κ3) is 2.57. The van der Waals surface area contributed by atoms with Gasteiger partial charge in [0.2, 0.25) is 5.91 Å². The van der Waals surface area contributed by atoms with Gasteiger partial charge in [0.15, 0.2) is 5.78 Å². The highest BCUT2D eigenvalue weighted by Gasteiger charge is 2.37. The summed E-state index contributed by atoms with van der Waals surface area (Å²) in [7, 11) is 0. The molecule has 6 nitrogen and oxygen atoms in total. The molecule has 0 saturated carbocycles. The zero-order valence-corrected chi connectivity index (χ0v) is 10.2. The average molecular weight is 262 g/mol.